The summed E-state index contributed by atoms with van der Waals surface area (Å²) in [5.74, 6) is 1.81. The number of aromatic nitrogens is 1. The van der Waals surface area contributed by atoms with Gasteiger partial charge in [0.15, 0.2) is 0 Å². The number of nitrogens with one attached hydrogen (secondary N) is 1. The second-order valence-electron chi connectivity index (χ2n) is 3.54. The molecule has 2 nitrogen and oxygen atoms in total. The van der Waals surface area contributed by atoms with Crippen LogP contribution in [0.15, 0.2) is 47.5 Å². The molecule has 0 atom stereocenters. The quantitative estimate of drug-likeness (QED) is 0.843. The van der Waals surface area contributed by atoms with Crippen molar-refractivity contribution >= 4 is 29.2 Å². The Labute approximate surface area is 110 Å². The van der Waals surface area contributed by atoms with Gasteiger partial charge in [0.1, 0.15) is 5.82 Å². The molecule has 1 heterocycles. The van der Waals surface area contributed by atoms with Gasteiger partial charge in [-0.15, -0.1) is 11.8 Å². The molecule has 0 aliphatic carbocycles. The summed E-state index contributed by atoms with van der Waals surface area (Å²) in [6.07, 6.45) is 1.90. The number of rotatable bonds is 4. The third-order valence-corrected chi connectivity index (χ3v) is 3.64. The molecule has 2 aromatic rings. The first-order chi connectivity index (χ1) is 8.28. The molecule has 1 aromatic carbocycles. The lowest BCUT2D eigenvalue weighted by Crippen LogP contribution is -1.92. The molecule has 17 heavy (non-hydrogen) atoms. The van der Waals surface area contributed by atoms with E-state index in [-0.39, 0.29) is 0 Å². The molecule has 0 saturated carbocycles. The van der Waals surface area contributed by atoms with Crippen molar-refractivity contribution in [2.45, 2.75) is 10.6 Å². The summed E-state index contributed by atoms with van der Waals surface area (Å²) in [6.45, 7) is 0. The molecule has 0 aliphatic rings. The Morgan fingerprint density at radius 3 is 2.53 bits per heavy atom. The number of pyridine rings is 1. The molecule has 0 aliphatic heterocycles. The summed E-state index contributed by atoms with van der Waals surface area (Å²) in [4.78, 5) is 5.49. The zero-order valence-electron chi connectivity index (χ0n) is 9.48. The number of anilines is 1. The van der Waals surface area contributed by atoms with Crippen LogP contribution < -0.4 is 5.32 Å². The summed E-state index contributed by atoms with van der Waals surface area (Å²) in [5, 5.41) is 3.77. The van der Waals surface area contributed by atoms with Crippen LogP contribution in [0, 0.1) is 0 Å². The standard InChI is InChI=1S/C13H13ClN2S/c1-15-13-7-2-10(8-16-13)9-17-12-5-3-11(14)4-6-12/h2-8H,9H2,1H3,(H,15,16). The van der Waals surface area contributed by atoms with Crippen molar-refractivity contribution in [3.63, 3.8) is 0 Å². The Morgan fingerprint density at radius 1 is 1.18 bits per heavy atom. The molecule has 1 N–H and O–H groups in total. The van der Waals surface area contributed by atoms with Crippen molar-refractivity contribution in [1.29, 1.82) is 0 Å². The fourth-order valence-corrected chi connectivity index (χ4v) is 2.31. The lowest BCUT2D eigenvalue weighted by Gasteiger charge is -2.03. The van der Waals surface area contributed by atoms with Crippen molar-refractivity contribution in [3.05, 3.63) is 53.2 Å². The number of hydrogen-bond acceptors (Lipinski definition) is 3. The third kappa shape index (κ3) is 3.65. The van der Waals surface area contributed by atoms with Gasteiger partial charge in [-0.25, -0.2) is 4.98 Å². The van der Waals surface area contributed by atoms with E-state index in [1.165, 1.54) is 10.5 Å². The zero-order valence-corrected chi connectivity index (χ0v) is 11.1. The highest BCUT2D eigenvalue weighted by Gasteiger charge is 1.97. The fourth-order valence-electron chi connectivity index (χ4n) is 1.36. The van der Waals surface area contributed by atoms with Gasteiger partial charge in [-0.05, 0) is 35.9 Å². The van der Waals surface area contributed by atoms with Crippen LogP contribution in [0.25, 0.3) is 0 Å². The highest BCUT2D eigenvalue weighted by Crippen LogP contribution is 2.24. The summed E-state index contributed by atoms with van der Waals surface area (Å²) >= 11 is 7.61. The average molecular weight is 265 g/mol. The van der Waals surface area contributed by atoms with E-state index in [1.807, 2.05) is 43.6 Å². The van der Waals surface area contributed by atoms with Gasteiger partial charge in [-0.3, -0.25) is 0 Å². The van der Waals surface area contributed by atoms with Gasteiger partial charge < -0.3 is 5.32 Å². The molecular formula is C13H13ClN2S. The first kappa shape index (κ1) is 12.3. The summed E-state index contributed by atoms with van der Waals surface area (Å²) in [7, 11) is 1.87. The summed E-state index contributed by atoms with van der Waals surface area (Å²) in [6, 6.07) is 11.9. The van der Waals surface area contributed by atoms with Crippen LogP contribution in [0.1, 0.15) is 5.56 Å². The lowest BCUT2D eigenvalue weighted by atomic mass is 10.3. The molecule has 0 unspecified atom stereocenters. The van der Waals surface area contributed by atoms with Gasteiger partial charge in [0, 0.05) is 28.9 Å². The number of thioether (sulfide) groups is 1. The number of nitrogens with zero attached hydrogens (tertiary/aromatic N) is 1. The van der Waals surface area contributed by atoms with Crippen molar-refractivity contribution in [2.24, 2.45) is 0 Å². The molecule has 1 aromatic heterocycles. The van der Waals surface area contributed by atoms with E-state index < -0.39 is 0 Å². The number of benzene rings is 1. The first-order valence-corrected chi connectivity index (χ1v) is 6.65. The van der Waals surface area contributed by atoms with Crippen molar-refractivity contribution in [2.75, 3.05) is 12.4 Å². The van der Waals surface area contributed by atoms with Crippen molar-refractivity contribution < 1.29 is 0 Å². The van der Waals surface area contributed by atoms with Crippen LogP contribution in [0.5, 0.6) is 0 Å². The zero-order chi connectivity index (χ0) is 12.1. The lowest BCUT2D eigenvalue weighted by molar-refractivity contribution is 1.23. The van der Waals surface area contributed by atoms with E-state index in [0.29, 0.717) is 0 Å². The second-order valence-corrected chi connectivity index (χ2v) is 5.03. The van der Waals surface area contributed by atoms with E-state index in [2.05, 4.69) is 16.4 Å². The predicted octanol–water partition coefficient (Wildman–Crippen LogP) is 4.07. The molecule has 0 fully saturated rings. The molecule has 2 rings (SSSR count). The monoisotopic (exact) mass is 264 g/mol. The predicted molar refractivity (Wildman–Crippen MR) is 74.8 cm³/mol. The van der Waals surface area contributed by atoms with Gasteiger partial charge in [-0.2, -0.15) is 0 Å². The number of halogens is 1. The summed E-state index contributed by atoms with van der Waals surface area (Å²) < 4.78 is 0. The topological polar surface area (TPSA) is 24.9 Å². The minimum atomic E-state index is 0.773. The Hall–Kier alpha value is -1.19. The minimum absolute atomic E-state index is 0.773. The smallest absolute Gasteiger partial charge is 0.125 e. The van der Waals surface area contributed by atoms with Crippen LogP contribution in [0.4, 0.5) is 5.82 Å². The Kier molecular flexibility index (Phi) is 4.29. The van der Waals surface area contributed by atoms with Crippen LogP contribution in [0.3, 0.4) is 0 Å². The van der Waals surface area contributed by atoms with E-state index in [0.717, 1.165) is 16.6 Å². The molecule has 4 heteroatoms. The van der Waals surface area contributed by atoms with Crippen LogP contribution in [0.2, 0.25) is 5.02 Å². The molecule has 0 spiro atoms. The maximum absolute atomic E-state index is 5.84. The Bertz CT molecular complexity index is 468. The molecule has 88 valence electrons. The van der Waals surface area contributed by atoms with Gasteiger partial charge in [-0.1, -0.05) is 17.7 Å². The highest BCUT2D eigenvalue weighted by molar-refractivity contribution is 7.98. The Morgan fingerprint density at radius 2 is 1.94 bits per heavy atom. The maximum Gasteiger partial charge on any atom is 0.125 e. The highest BCUT2D eigenvalue weighted by atomic mass is 35.5. The summed E-state index contributed by atoms with van der Waals surface area (Å²) in [5.41, 5.74) is 1.21. The first-order valence-electron chi connectivity index (χ1n) is 5.29. The molecule has 0 saturated heterocycles. The van der Waals surface area contributed by atoms with E-state index >= 15 is 0 Å². The van der Waals surface area contributed by atoms with Crippen LogP contribution >= 0.6 is 23.4 Å². The fraction of sp³-hybridized carbons (Fsp3) is 0.154. The molecule has 0 bridgehead atoms. The van der Waals surface area contributed by atoms with Crippen molar-refractivity contribution in [3.8, 4) is 0 Å². The number of hydrogen-bond donors (Lipinski definition) is 1. The van der Waals surface area contributed by atoms with Gasteiger partial charge in [0.05, 0.1) is 0 Å². The SMILES string of the molecule is CNc1ccc(CSc2ccc(Cl)cc2)cn1. The van der Waals surface area contributed by atoms with Gasteiger partial charge >= 0.3 is 0 Å². The van der Waals surface area contributed by atoms with E-state index in [1.54, 1.807) is 11.8 Å². The van der Waals surface area contributed by atoms with Gasteiger partial charge in [0.2, 0.25) is 0 Å². The molecule has 0 amide bonds. The van der Waals surface area contributed by atoms with E-state index in [9.17, 15) is 0 Å². The average Bonchev–Trinajstić information content (AvgIpc) is 2.39. The van der Waals surface area contributed by atoms with E-state index in [4.69, 9.17) is 11.6 Å². The molecular weight excluding hydrogens is 252 g/mol. The van der Waals surface area contributed by atoms with Gasteiger partial charge in [0.25, 0.3) is 0 Å². The molecule has 0 radical (unpaired) electrons. The normalized spacial score (nSPS) is 10.2. The van der Waals surface area contributed by atoms with Crippen LogP contribution in [-0.4, -0.2) is 12.0 Å². The third-order valence-electron chi connectivity index (χ3n) is 2.30. The minimum Gasteiger partial charge on any atom is -0.373 e. The maximum atomic E-state index is 5.84. The van der Waals surface area contributed by atoms with Crippen molar-refractivity contribution in [1.82, 2.24) is 4.98 Å². The van der Waals surface area contributed by atoms with Crippen LogP contribution in [-0.2, 0) is 5.75 Å². The second kappa shape index (κ2) is 5.94. The Balaban J connectivity index is 1.95. The largest absolute Gasteiger partial charge is 0.373 e.